The molecule has 2 aromatic rings. The fraction of sp³-hybridized carbons (Fsp3) is 0.357. The van der Waals surface area contributed by atoms with Gasteiger partial charge in [0.25, 0.3) is 5.91 Å². The van der Waals surface area contributed by atoms with E-state index in [9.17, 15) is 9.18 Å². The van der Waals surface area contributed by atoms with Gasteiger partial charge in [-0.05, 0) is 31.0 Å². The molecule has 1 aromatic heterocycles. The van der Waals surface area contributed by atoms with Crippen molar-refractivity contribution in [3.63, 3.8) is 0 Å². The van der Waals surface area contributed by atoms with Crippen molar-refractivity contribution in [1.29, 1.82) is 0 Å². The minimum absolute atomic E-state index is 0.0402. The van der Waals surface area contributed by atoms with E-state index >= 15 is 0 Å². The number of thiophene rings is 1. The van der Waals surface area contributed by atoms with Crippen LogP contribution in [-0.2, 0) is 0 Å². The normalized spacial score (nSPS) is 14.8. The number of aliphatic hydroxyl groups excluding tert-OH is 1. The van der Waals surface area contributed by atoms with Crippen molar-refractivity contribution < 1.29 is 14.3 Å². The number of hydrogen-bond donors (Lipinski definition) is 1. The van der Waals surface area contributed by atoms with E-state index in [-0.39, 0.29) is 24.4 Å². The number of carbonyl (C=O) groups excluding carboxylic acids is 1. The molecular weight excluding hydrogens is 265 g/mol. The Morgan fingerprint density at radius 1 is 1.47 bits per heavy atom. The predicted molar refractivity (Wildman–Crippen MR) is 72.9 cm³/mol. The first-order valence-corrected chi connectivity index (χ1v) is 7.12. The molecule has 1 aromatic carbocycles. The number of nitrogens with zero attached hydrogens (tertiary/aromatic N) is 1. The molecule has 0 spiro atoms. The van der Waals surface area contributed by atoms with Gasteiger partial charge in [-0.2, -0.15) is 0 Å². The van der Waals surface area contributed by atoms with Gasteiger partial charge in [-0.15, -0.1) is 11.3 Å². The summed E-state index contributed by atoms with van der Waals surface area (Å²) in [5, 5.41) is 9.54. The molecule has 5 heteroatoms. The summed E-state index contributed by atoms with van der Waals surface area (Å²) in [6.07, 6.45) is 1.98. The van der Waals surface area contributed by atoms with Crippen molar-refractivity contribution in [2.75, 3.05) is 13.2 Å². The Hall–Kier alpha value is -1.46. The van der Waals surface area contributed by atoms with Crippen LogP contribution in [0.25, 0.3) is 10.1 Å². The highest BCUT2D eigenvalue weighted by Gasteiger charge is 2.33. The van der Waals surface area contributed by atoms with Gasteiger partial charge in [-0.25, -0.2) is 4.39 Å². The first-order valence-electron chi connectivity index (χ1n) is 6.30. The lowest BCUT2D eigenvalue weighted by molar-refractivity contribution is 0.0712. The van der Waals surface area contributed by atoms with Crippen molar-refractivity contribution in [2.24, 2.45) is 0 Å². The van der Waals surface area contributed by atoms with Crippen LogP contribution in [-0.4, -0.2) is 35.1 Å². The number of halogens is 1. The van der Waals surface area contributed by atoms with E-state index in [1.165, 1.54) is 17.4 Å². The quantitative estimate of drug-likeness (QED) is 0.934. The average molecular weight is 279 g/mol. The van der Waals surface area contributed by atoms with Gasteiger partial charge in [0, 0.05) is 22.7 Å². The average Bonchev–Trinajstić information content (AvgIpc) is 3.14. The molecule has 0 radical (unpaired) electrons. The first-order chi connectivity index (χ1) is 9.20. The van der Waals surface area contributed by atoms with Crippen molar-refractivity contribution in [3.05, 3.63) is 35.0 Å². The third kappa shape index (κ3) is 2.35. The topological polar surface area (TPSA) is 40.5 Å². The van der Waals surface area contributed by atoms with Gasteiger partial charge in [0.1, 0.15) is 5.82 Å². The Kier molecular flexibility index (Phi) is 3.24. The highest BCUT2D eigenvalue weighted by molar-refractivity contribution is 7.20. The molecule has 0 bridgehead atoms. The van der Waals surface area contributed by atoms with E-state index in [2.05, 4.69) is 0 Å². The summed E-state index contributed by atoms with van der Waals surface area (Å²) in [5.41, 5.74) is 0. The third-order valence-corrected chi connectivity index (χ3v) is 4.40. The Morgan fingerprint density at radius 3 is 2.89 bits per heavy atom. The predicted octanol–water partition coefficient (Wildman–Crippen LogP) is 2.64. The molecule has 1 amide bonds. The van der Waals surface area contributed by atoms with E-state index in [0.29, 0.717) is 16.8 Å². The van der Waals surface area contributed by atoms with Crippen LogP contribution < -0.4 is 0 Å². The first kappa shape index (κ1) is 12.6. The van der Waals surface area contributed by atoms with Crippen LogP contribution in [0, 0.1) is 5.82 Å². The fourth-order valence-electron chi connectivity index (χ4n) is 2.22. The number of aliphatic hydroxyl groups is 1. The van der Waals surface area contributed by atoms with E-state index in [4.69, 9.17) is 5.11 Å². The Bertz CT molecular complexity index is 621. The SMILES string of the molecule is O=C(c1cc2c(F)cccc2s1)N(CCO)C1CC1. The van der Waals surface area contributed by atoms with Crippen LogP contribution in [0.15, 0.2) is 24.3 Å². The van der Waals surface area contributed by atoms with Crippen LogP contribution in [0.3, 0.4) is 0 Å². The summed E-state index contributed by atoms with van der Waals surface area (Å²) in [5.74, 6) is -0.398. The highest BCUT2D eigenvalue weighted by Crippen LogP contribution is 2.32. The molecule has 1 N–H and O–H groups in total. The Labute approximate surface area is 114 Å². The summed E-state index contributed by atoms with van der Waals surface area (Å²) in [6, 6.07) is 6.72. The summed E-state index contributed by atoms with van der Waals surface area (Å²) < 4.78 is 14.4. The zero-order valence-electron chi connectivity index (χ0n) is 10.3. The molecule has 1 heterocycles. The van der Waals surface area contributed by atoms with Gasteiger partial charge in [0.15, 0.2) is 0 Å². The van der Waals surface area contributed by atoms with Gasteiger partial charge >= 0.3 is 0 Å². The maximum Gasteiger partial charge on any atom is 0.264 e. The minimum Gasteiger partial charge on any atom is -0.395 e. The molecule has 100 valence electrons. The Morgan fingerprint density at radius 2 is 2.26 bits per heavy atom. The second kappa shape index (κ2) is 4.90. The third-order valence-electron chi connectivity index (χ3n) is 3.31. The summed E-state index contributed by atoms with van der Waals surface area (Å²) in [4.78, 5) is 14.6. The van der Waals surface area contributed by atoms with Gasteiger partial charge < -0.3 is 10.0 Å². The van der Waals surface area contributed by atoms with Crippen molar-refractivity contribution in [2.45, 2.75) is 18.9 Å². The fourth-order valence-corrected chi connectivity index (χ4v) is 3.25. The molecule has 0 unspecified atom stereocenters. The molecule has 1 aliphatic rings. The molecule has 0 saturated heterocycles. The lowest BCUT2D eigenvalue weighted by atomic mass is 10.2. The smallest absolute Gasteiger partial charge is 0.264 e. The molecule has 1 aliphatic carbocycles. The highest BCUT2D eigenvalue weighted by atomic mass is 32.1. The lowest BCUT2D eigenvalue weighted by Crippen LogP contribution is -2.35. The minimum atomic E-state index is -0.298. The van der Waals surface area contributed by atoms with Crippen LogP contribution in [0.4, 0.5) is 4.39 Å². The molecule has 0 aliphatic heterocycles. The molecule has 0 atom stereocenters. The standard InChI is InChI=1S/C14H14FNO2S/c15-11-2-1-3-12-10(11)8-13(19-12)14(18)16(6-7-17)9-4-5-9/h1-3,8-9,17H,4-7H2. The zero-order chi connectivity index (χ0) is 13.4. The van der Waals surface area contributed by atoms with E-state index in [1.807, 2.05) is 6.07 Å². The molecule has 3 rings (SSSR count). The largest absolute Gasteiger partial charge is 0.395 e. The zero-order valence-corrected chi connectivity index (χ0v) is 11.1. The molecule has 1 saturated carbocycles. The maximum absolute atomic E-state index is 13.6. The Balaban J connectivity index is 1.94. The number of amides is 1. The van der Waals surface area contributed by atoms with Crippen LogP contribution in [0.5, 0.6) is 0 Å². The maximum atomic E-state index is 13.6. The van der Waals surface area contributed by atoms with Crippen LogP contribution in [0.1, 0.15) is 22.5 Å². The van der Waals surface area contributed by atoms with E-state index in [1.54, 1.807) is 17.0 Å². The summed E-state index contributed by atoms with van der Waals surface area (Å²) in [6.45, 7) is 0.307. The van der Waals surface area contributed by atoms with Gasteiger partial charge in [0.05, 0.1) is 11.5 Å². The van der Waals surface area contributed by atoms with Crippen molar-refractivity contribution in [3.8, 4) is 0 Å². The number of rotatable bonds is 4. The van der Waals surface area contributed by atoms with Crippen LogP contribution in [0.2, 0.25) is 0 Å². The van der Waals surface area contributed by atoms with Gasteiger partial charge in [0.2, 0.25) is 0 Å². The number of benzene rings is 1. The molecule has 3 nitrogen and oxygen atoms in total. The van der Waals surface area contributed by atoms with E-state index < -0.39 is 0 Å². The van der Waals surface area contributed by atoms with E-state index in [0.717, 1.165) is 17.5 Å². The lowest BCUT2D eigenvalue weighted by Gasteiger charge is -2.20. The second-order valence-electron chi connectivity index (χ2n) is 4.72. The molecule has 19 heavy (non-hydrogen) atoms. The van der Waals surface area contributed by atoms with Crippen molar-refractivity contribution >= 4 is 27.3 Å². The molecule has 1 fully saturated rings. The molecular formula is C14H14FNO2S. The van der Waals surface area contributed by atoms with Gasteiger partial charge in [-0.1, -0.05) is 6.07 Å². The summed E-state index contributed by atoms with van der Waals surface area (Å²) in [7, 11) is 0. The number of carbonyl (C=O) groups is 1. The number of fused-ring (bicyclic) bond motifs is 1. The van der Waals surface area contributed by atoms with Gasteiger partial charge in [-0.3, -0.25) is 4.79 Å². The summed E-state index contributed by atoms with van der Waals surface area (Å²) >= 11 is 1.31. The second-order valence-corrected chi connectivity index (χ2v) is 5.80. The number of hydrogen-bond acceptors (Lipinski definition) is 3. The van der Waals surface area contributed by atoms with Crippen LogP contribution >= 0.6 is 11.3 Å². The monoisotopic (exact) mass is 279 g/mol. The van der Waals surface area contributed by atoms with Crippen molar-refractivity contribution in [1.82, 2.24) is 4.90 Å².